The van der Waals surface area contributed by atoms with Crippen LogP contribution >= 0.6 is 0 Å². The molecule has 2 rings (SSSR count). The molecule has 22 heavy (non-hydrogen) atoms. The summed E-state index contributed by atoms with van der Waals surface area (Å²) in [6, 6.07) is 3.90. The number of rotatable bonds is 4. The van der Waals surface area contributed by atoms with E-state index in [1.165, 1.54) is 18.2 Å². The Morgan fingerprint density at radius 1 is 1.41 bits per heavy atom. The van der Waals surface area contributed by atoms with Gasteiger partial charge in [-0.15, -0.1) is 0 Å². The fourth-order valence-corrected chi connectivity index (χ4v) is 2.39. The molecule has 9 heteroatoms. The lowest BCUT2D eigenvalue weighted by atomic mass is 10.1. The second kappa shape index (κ2) is 5.85. The van der Waals surface area contributed by atoms with Gasteiger partial charge in [-0.3, -0.25) is 4.79 Å². The van der Waals surface area contributed by atoms with E-state index in [1.54, 1.807) is 13.0 Å². The van der Waals surface area contributed by atoms with Crippen molar-refractivity contribution in [2.45, 2.75) is 17.9 Å². The van der Waals surface area contributed by atoms with Crippen LogP contribution in [0.4, 0.5) is 4.39 Å². The number of nitrogens with zero attached hydrogens (tertiary/aromatic N) is 2. The molecule has 1 aromatic heterocycles. The molecule has 0 bridgehead atoms. The van der Waals surface area contributed by atoms with Gasteiger partial charge < -0.3 is 9.42 Å². The molecule has 0 saturated carbocycles. The average molecular weight is 327 g/mol. The molecule has 0 aliphatic heterocycles. The first-order chi connectivity index (χ1) is 10.2. The number of halogens is 1. The van der Waals surface area contributed by atoms with Crippen molar-refractivity contribution in [2.75, 3.05) is 7.05 Å². The molecule has 0 unspecified atom stereocenters. The Hall–Kier alpha value is -2.26. The fourth-order valence-electron chi connectivity index (χ4n) is 1.85. The zero-order chi connectivity index (χ0) is 16.5. The van der Waals surface area contributed by atoms with Crippen molar-refractivity contribution in [3.8, 4) is 0 Å². The summed E-state index contributed by atoms with van der Waals surface area (Å²) in [6.07, 6.45) is 1.35. The summed E-state index contributed by atoms with van der Waals surface area (Å²) in [5.41, 5.74) is 0.100. The molecule has 0 aliphatic carbocycles. The van der Waals surface area contributed by atoms with E-state index in [0.29, 0.717) is 5.69 Å². The lowest BCUT2D eigenvalue weighted by Gasteiger charge is -2.23. The minimum atomic E-state index is -4.03. The molecule has 7 nitrogen and oxygen atoms in total. The van der Waals surface area contributed by atoms with Crippen LogP contribution < -0.4 is 5.14 Å². The maximum Gasteiger partial charge on any atom is 0.257 e. The van der Waals surface area contributed by atoms with Gasteiger partial charge in [0.05, 0.1) is 16.5 Å². The van der Waals surface area contributed by atoms with Crippen molar-refractivity contribution in [3.05, 3.63) is 47.6 Å². The molecular formula is C13H14FN3O4S. The summed E-state index contributed by atoms with van der Waals surface area (Å²) in [6.45, 7) is 1.68. The minimum absolute atomic E-state index is 0.334. The number of sulfonamides is 1. The summed E-state index contributed by atoms with van der Waals surface area (Å²) < 4.78 is 41.2. The summed E-state index contributed by atoms with van der Waals surface area (Å²) in [5, 5.41) is 8.71. The van der Waals surface area contributed by atoms with Gasteiger partial charge in [0.15, 0.2) is 0 Å². The third-order valence-electron chi connectivity index (χ3n) is 3.28. The number of carbonyl (C=O) groups excluding carboxylic acids is 1. The molecule has 0 spiro atoms. The second-order valence-electron chi connectivity index (χ2n) is 4.70. The number of hydrogen-bond acceptors (Lipinski definition) is 5. The smallest absolute Gasteiger partial charge is 0.257 e. The summed E-state index contributed by atoms with van der Waals surface area (Å²) in [7, 11) is -2.58. The van der Waals surface area contributed by atoms with Gasteiger partial charge in [-0.05, 0) is 25.1 Å². The Balaban J connectivity index is 2.37. The van der Waals surface area contributed by atoms with Gasteiger partial charge in [0.1, 0.15) is 17.8 Å². The predicted molar refractivity (Wildman–Crippen MR) is 74.8 cm³/mol. The van der Waals surface area contributed by atoms with E-state index < -0.39 is 27.8 Å². The van der Waals surface area contributed by atoms with Gasteiger partial charge in [-0.25, -0.2) is 17.9 Å². The lowest BCUT2D eigenvalue weighted by molar-refractivity contribution is 0.0732. The predicted octanol–water partition coefficient (Wildman–Crippen LogP) is 1.29. The van der Waals surface area contributed by atoms with Crippen LogP contribution in [0.2, 0.25) is 0 Å². The second-order valence-corrected chi connectivity index (χ2v) is 6.26. The number of primary sulfonamides is 1. The largest absolute Gasteiger partial charge is 0.364 e. The van der Waals surface area contributed by atoms with Crippen LogP contribution in [0.5, 0.6) is 0 Å². The van der Waals surface area contributed by atoms with E-state index in [0.717, 1.165) is 18.2 Å². The molecule has 1 heterocycles. The highest BCUT2D eigenvalue weighted by Crippen LogP contribution is 2.21. The zero-order valence-corrected chi connectivity index (χ0v) is 12.7. The molecule has 0 saturated heterocycles. The highest BCUT2D eigenvalue weighted by molar-refractivity contribution is 7.89. The number of carbonyl (C=O) groups is 1. The molecule has 0 fully saturated rings. The van der Waals surface area contributed by atoms with Crippen molar-refractivity contribution >= 4 is 15.9 Å². The topological polar surface area (TPSA) is 106 Å². The SMILES string of the molecule is C[C@H](c1ccon1)N(C)C(=O)c1cc(S(N)(=O)=O)ccc1F. The maximum absolute atomic E-state index is 13.9. The van der Waals surface area contributed by atoms with Gasteiger partial charge in [0.25, 0.3) is 5.91 Å². The van der Waals surface area contributed by atoms with Crippen molar-refractivity contribution < 1.29 is 22.1 Å². The maximum atomic E-state index is 13.9. The van der Waals surface area contributed by atoms with Crippen molar-refractivity contribution in [1.82, 2.24) is 10.1 Å². The van der Waals surface area contributed by atoms with E-state index in [1.807, 2.05) is 0 Å². The van der Waals surface area contributed by atoms with Gasteiger partial charge in [-0.2, -0.15) is 0 Å². The monoisotopic (exact) mass is 327 g/mol. The number of aromatic nitrogens is 1. The van der Waals surface area contributed by atoms with Crippen LogP contribution in [0.1, 0.15) is 29.0 Å². The first-order valence-electron chi connectivity index (χ1n) is 6.21. The number of benzene rings is 1. The Bertz CT molecular complexity index is 790. The lowest BCUT2D eigenvalue weighted by Crippen LogP contribution is -2.30. The van der Waals surface area contributed by atoms with Gasteiger partial charge >= 0.3 is 0 Å². The molecular weight excluding hydrogens is 313 g/mol. The van der Waals surface area contributed by atoms with Gasteiger partial charge in [0, 0.05) is 13.1 Å². The van der Waals surface area contributed by atoms with Crippen LogP contribution in [-0.4, -0.2) is 31.4 Å². The van der Waals surface area contributed by atoms with Gasteiger partial charge in [-0.1, -0.05) is 5.16 Å². The van der Waals surface area contributed by atoms with E-state index in [9.17, 15) is 17.6 Å². The van der Waals surface area contributed by atoms with E-state index in [2.05, 4.69) is 5.16 Å². The summed E-state index contributed by atoms with van der Waals surface area (Å²) in [4.78, 5) is 13.3. The van der Waals surface area contributed by atoms with E-state index in [-0.39, 0.29) is 10.5 Å². The fraction of sp³-hybridized carbons (Fsp3) is 0.231. The third-order valence-corrected chi connectivity index (χ3v) is 4.19. The Kier molecular flexibility index (Phi) is 4.29. The first-order valence-corrected chi connectivity index (χ1v) is 7.76. The number of amides is 1. The van der Waals surface area contributed by atoms with Crippen LogP contribution in [-0.2, 0) is 10.0 Å². The standard InChI is InChI=1S/C13H14FN3O4S/c1-8(12-5-6-21-16-12)17(2)13(18)10-7-9(22(15,19)20)3-4-11(10)14/h3-8H,1-2H3,(H2,15,19,20)/t8-/m1/s1. The molecule has 0 radical (unpaired) electrons. The minimum Gasteiger partial charge on any atom is -0.364 e. The molecule has 2 N–H and O–H groups in total. The molecule has 118 valence electrons. The molecule has 1 amide bonds. The van der Waals surface area contributed by atoms with Crippen molar-refractivity contribution in [2.24, 2.45) is 5.14 Å². The van der Waals surface area contributed by atoms with E-state index >= 15 is 0 Å². The Morgan fingerprint density at radius 2 is 2.09 bits per heavy atom. The first kappa shape index (κ1) is 16.1. The third kappa shape index (κ3) is 3.15. The van der Waals surface area contributed by atoms with Crippen molar-refractivity contribution in [3.63, 3.8) is 0 Å². The number of hydrogen-bond donors (Lipinski definition) is 1. The summed E-state index contributed by atoms with van der Waals surface area (Å²) in [5.74, 6) is -1.53. The molecule has 1 atom stereocenters. The number of nitrogens with two attached hydrogens (primary N) is 1. The Morgan fingerprint density at radius 3 is 2.64 bits per heavy atom. The molecule has 1 aromatic carbocycles. The Labute approximate surface area is 126 Å². The van der Waals surface area contributed by atoms with E-state index in [4.69, 9.17) is 9.66 Å². The molecule has 0 aliphatic rings. The van der Waals surface area contributed by atoms with Crippen LogP contribution in [0.15, 0.2) is 39.9 Å². The average Bonchev–Trinajstić information content (AvgIpc) is 2.98. The quantitative estimate of drug-likeness (QED) is 0.910. The highest BCUT2D eigenvalue weighted by Gasteiger charge is 2.24. The normalized spacial score (nSPS) is 12.9. The van der Waals surface area contributed by atoms with Crippen LogP contribution in [0.3, 0.4) is 0 Å². The van der Waals surface area contributed by atoms with Gasteiger partial charge in [0.2, 0.25) is 10.0 Å². The van der Waals surface area contributed by atoms with Crippen LogP contribution in [0, 0.1) is 5.82 Å². The van der Waals surface area contributed by atoms with Crippen LogP contribution in [0.25, 0.3) is 0 Å². The highest BCUT2D eigenvalue weighted by atomic mass is 32.2. The summed E-state index contributed by atoms with van der Waals surface area (Å²) >= 11 is 0. The molecule has 2 aromatic rings. The zero-order valence-electron chi connectivity index (χ0n) is 11.9. The van der Waals surface area contributed by atoms with Crippen molar-refractivity contribution in [1.29, 1.82) is 0 Å².